The van der Waals surface area contributed by atoms with Gasteiger partial charge in [0.2, 0.25) is 5.91 Å². The molecule has 158 valence electrons. The summed E-state index contributed by atoms with van der Waals surface area (Å²) in [6.07, 6.45) is -5.79. The number of hydrogen-bond donors (Lipinski definition) is 3. The molecule has 0 saturated carbocycles. The number of aliphatic hydroxyl groups excluding tert-OH is 1. The maximum atomic E-state index is 13.1. The summed E-state index contributed by atoms with van der Waals surface area (Å²) >= 11 is 5.82. The van der Waals surface area contributed by atoms with Crippen molar-refractivity contribution in [1.29, 1.82) is 0 Å². The van der Waals surface area contributed by atoms with Crippen LogP contribution >= 0.6 is 11.6 Å². The predicted molar refractivity (Wildman–Crippen MR) is 106 cm³/mol. The van der Waals surface area contributed by atoms with Gasteiger partial charge in [-0.25, -0.2) is 0 Å². The van der Waals surface area contributed by atoms with E-state index in [0.29, 0.717) is 5.56 Å². The van der Waals surface area contributed by atoms with Gasteiger partial charge in [-0.1, -0.05) is 41.9 Å². The van der Waals surface area contributed by atoms with E-state index >= 15 is 0 Å². The Morgan fingerprint density at radius 1 is 1.24 bits per heavy atom. The van der Waals surface area contributed by atoms with Crippen molar-refractivity contribution in [3.05, 3.63) is 64.2 Å². The van der Waals surface area contributed by atoms with Crippen molar-refractivity contribution in [2.75, 3.05) is 12.8 Å². The molecule has 5 nitrogen and oxygen atoms in total. The predicted octanol–water partition coefficient (Wildman–Crippen LogP) is 3.39. The van der Waals surface area contributed by atoms with E-state index in [9.17, 15) is 23.1 Å². The molecule has 0 aromatic heterocycles. The number of rotatable bonds is 6. The van der Waals surface area contributed by atoms with Crippen LogP contribution in [0.15, 0.2) is 42.5 Å². The van der Waals surface area contributed by atoms with E-state index in [-0.39, 0.29) is 17.0 Å². The quantitative estimate of drug-likeness (QED) is 0.614. The molecule has 2 aromatic rings. The van der Waals surface area contributed by atoms with Crippen molar-refractivity contribution in [3.63, 3.8) is 0 Å². The van der Waals surface area contributed by atoms with Crippen LogP contribution in [-0.4, -0.2) is 35.0 Å². The molecule has 0 radical (unpaired) electrons. The Morgan fingerprint density at radius 3 is 2.38 bits per heavy atom. The zero-order valence-corrected chi connectivity index (χ0v) is 16.7. The highest BCUT2D eigenvalue weighted by atomic mass is 35.5. The fraction of sp³-hybridized carbons (Fsp3) is 0.350. The third-order valence-electron chi connectivity index (χ3n) is 4.82. The third-order valence-corrected chi connectivity index (χ3v) is 5.14. The highest BCUT2D eigenvalue weighted by Crippen LogP contribution is 2.38. The Hall–Kier alpha value is -2.29. The minimum absolute atomic E-state index is 0.141. The first-order valence-corrected chi connectivity index (χ1v) is 9.21. The largest absolute Gasteiger partial charge is 0.418 e. The van der Waals surface area contributed by atoms with Crippen LogP contribution in [0, 0.1) is 0 Å². The van der Waals surface area contributed by atoms with Crippen molar-refractivity contribution in [1.82, 2.24) is 4.90 Å². The van der Waals surface area contributed by atoms with Crippen LogP contribution < -0.4 is 11.5 Å². The van der Waals surface area contributed by atoms with E-state index in [1.54, 1.807) is 37.3 Å². The zero-order valence-electron chi connectivity index (χ0n) is 15.9. The highest BCUT2D eigenvalue weighted by molar-refractivity contribution is 6.33. The monoisotopic (exact) mass is 429 g/mol. The summed E-state index contributed by atoms with van der Waals surface area (Å²) in [6, 6.07) is 9.19. The molecule has 0 fully saturated rings. The summed E-state index contributed by atoms with van der Waals surface area (Å²) in [5.74, 6) is -0.519. The number of anilines is 1. The Balaban J connectivity index is 2.15. The minimum atomic E-state index is -4.68. The van der Waals surface area contributed by atoms with E-state index in [2.05, 4.69) is 0 Å². The van der Waals surface area contributed by atoms with E-state index in [1.807, 2.05) is 0 Å². The van der Waals surface area contributed by atoms with Crippen molar-refractivity contribution in [2.45, 2.75) is 37.7 Å². The second-order valence-electron chi connectivity index (χ2n) is 6.89. The van der Waals surface area contributed by atoms with E-state index in [4.69, 9.17) is 23.1 Å². The molecule has 0 unspecified atom stereocenters. The standard InChI is InChI=1S/C20H23ClF3N3O2/c1-11(18(28)13-6-4-3-5-7-13)27(2)19(29)16(25)10-12-8-14(20(22,23)24)17(26)15(21)9-12/h3-9,11,16,18,28H,10,25-26H2,1-2H3/t11-,16+,18-/m0/s1. The number of benzene rings is 2. The van der Waals surface area contributed by atoms with Crippen molar-refractivity contribution >= 4 is 23.2 Å². The molecule has 29 heavy (non-hydrogen) atoms. The summed E-state index contributed by atoms with van der Waals surface area (Å²) < 4.78 is 39.3. The first-order chi connectivity index (χ1) is 13.4. The molecule has 0 bridgehead atoms. The van der Waals surface area contributed by atoms with E-state index in [0.717, 1.165) is 6.07 Å². The lowest BCUT2D eigenvalue weighted by Gasteiger charge is -2.31. The van der Waals surface area contributed by atoms with Crippen LogP contribution in [0.25, 0.3) is 0 Å². The van der Waals surface area contributed by atoms with Crippen molar-refractivity contribution in [3.8, 4) is 0 Å². The number of nitrogen functional groups attached to an aromatic ring is 1. The molecule has 0 heterocycles. The maximum Gasteiger partial charge on any atom is 0.418 e. The van der Waals surface area contributed by atoms with Gasteiger partial charge in [0.05, 0.1) is 34.5 Å². The number of amides is 1. The minimum Gasteiger partial charge on any atom is -0.397 e. The van der Waals surface area contributed by atoms with Gasteiger partial charge in [-0.2, -0.15) is 13.2 Å². The number of nitrogens with zero attached hydrogens (tertiary/aromatic N) is 1. The van der Waals surface area contributed by atoms with Crippen molar-refractivity contribution in [2.24, 2.45) is 5.73 Å². The first kappa shape index (κ1) is 23.0. The van der Waals surface area contributed by atoms with Crippen LogP contribution in [0.5, 0.6) is 0 Å². The van der Waals surface area contributed by atoms with Gasteiger partial charge in [-0.05, 0) is 36.6 Å². The molecule has 9 heteroatoms. The van der Waals surface area contributed by atoms with Crippen LogP contribution in [0.1, 0.15) is 29.7 Å². The number of alkyl halides is 3. The lowest BCUT2D eigenvalue weighted by Crippen LogP contribution is -2.48. The fourth-order valence-corrected chi connectivity index (χ4v) is 3.21. The lowest BCUT2D eigenvalue weighted by molar-refractivity contribution is -0.137. The normalized spacial score (nSPS) is 14.9. The maximum absolute atomic E-state index is 13.1. The average molecular weight is 430 g/mol. The van der Waals surface area contributed by atoms with Crippen LogP contribution in [0.3, 0.4) is 0 Å². The molecule has 0 aliphatic carbocycles. The number of halogens is 4. The van der Waals surface area contributed by atoms with Gasteiger partial charge < -0.3 is 21.5 Å². The molecule has 5 N–H and O–H groups in total. The Morgan fingerprint density at radius 2 is 1.83 bits per heavy atom. The van der Waals surface area contributed by atoms with Gasteiger partial charge in [0.1, 0.15) is 0 Å². The van der Waals surface area contributed by atoms with Gasteiger partial charge in [-0.15, -0.1) is 0 Å². The van der Waals surface area contributed by atoms with Crippen molar-refractivity contribution < 1.29 is 23.1 Å². The third kappa shape index (κ3) is 5.41. The highest BCUT2D eigenvalue weighted by Gasteiger charge is 2.35. The molecule has 2 rings (SSSR count). The summed E-state index contributed by atoms with van der Waals surface area (Å²) in [5.41, 5.74) is 10.5. The number of carbonyl (C=O) groups excluding carboxylic acids is 1. The summed E-state index contributed by atoms with van der Waals surface area (Å²) in [6.45, 7) is 1.66. The molecule has 1 amide bonds. The second-order valence-corrected chi connectivity index (χ2v) is 7.30. The number of carbonyl (C=O) groups is 1. The molecule has 0 spiro atoms. The topological polar surface area (TPSA) is 92.6 Å². The van der Waals surface area contributed by atoms with Gasteiger partial charge in [0, 0.05) is 7.05 Å². The van der Waals surface area contributed by atoms with Gasteiger partial charge in [0.25, 0.3) is 0 Å². The molecule has 0 saturated heterocycles. The first-order valence-electron chi connectivity index (χ1n) is 8.83. The summed E-state index contributed by atoms with van der Waals surface area (Å²) in [4.78, 5) is 14.0. The molecular formula is C20H23ClF3N3O2. The summed E-state index contributed by atoms with van der Waals surface area (Å²) in [7, 11) is 1.48. The van der Waals surface area contributed by atoms with E-state index in [1.165, 1.54) is 18.0 Å². The number of hydrogen-bond acceptors (Lipinski definition) is 4. The van der Waals surface area contributed by atoms with Gasteiger partial charge in [-0.3, -0.25) is 4.79 Å². The SMILES string of the molecule is C[C@@H]([C@H](O)c1ccccc1)N(C)C(=O)[C@H](N)Cc1cc(Cl)c(N)c(C(F)(F)F)c1. The molecule has 2 aromatic carbocycles. The summed E-state index contributed by atoms with van der Waals surface area (Å²) in [5, 5.41) is 10.2. The second kappa shape index (κ2) is 9.02. The molecule has 0 aliphatic rings. The van der Waals surface area contributed by atoms with Crippen LogP contribution in [0.2, 0.25) is 5.02 Å². The van der Waals surface area contributed by atoms with Gasteiger partial charge >= 0.3 is 6.18 Å². The smallest absolute Gasteiger partial charge is 0.397 e. The average Bonchev–Trinajstić information content (AvgIpc) is 2.67. The Labute approximate surface area is 172 Å². The lowest BCUT2D eigenvalue weighted by atomic mass is 9.99. The Kier molecular flexibility index (Phi) is 7.15. The van der Waals surface area contributed by atoms with E-state index < -0.39 is 41.5 Å². The number of aliphatic hydroxyl groups is 1. The number of nitrogens with two attached hydrogens (primary N) is 2. The van der Waals surface area contributed by atoms with Gasteiger partial charge in [0.15, 0.2) is 0 Å². The van der Waals surface area contributed by atoms with Crippen LogP contribution in [-0.2, 0) is 17.4 Å². The molecule has 3 atom stereocenters. The number of likely N-dealkylation sites (N-methyl/N-ethyl adjacent to an activating group) is 1. The molecular weight excluding hydrogens is 407 g/mol. The fourth-order valence-electron chi connectivity index (χ4n) is 2.97. The zero-order chi connectivity index (χ0) is 21.9. The molecule has 0 aliphatic heterocycles. The Bertz CT molecular complexity index is 862. The van der Waals surface area contributed by atoms with Crippen LogP contribution in [0.4, 0.5) is 18.9 Å².